The lowest BCUT2D eigenvalue weighted by Crippen LogP contribution is -2.08. The summed E-state index contributed by atoms with van der Waals surface area (Å²) < 4.78 is 0. The molecule has 1 heterocycles. The lowest BCUT2D eigenvalue weighted by Gasteiger charge is -2.13. The second-order valence-electron chi connectivity index (χ2n) is 3.52. The molecule has 1 aromatic rings. The van der Waals surface area contributed by atoms with Gasteiger partial charge in [0.05, 0.1) is 12.0 Å². The minimum absolute atomic E-state index is 0. The summed E-state index contributed by atoms with van der Waals surface area (Å²) in [7, 11) is 0. The molecule has 80 valence electrons. The van der Waals surface area contributed by atoms with Gasteiger partial charge in [0.15, 0.2) is 0 Å². The van der Waals surface area contributed by atoms with Crippen LogP contribution in [0.25, 0.3) is 0 Å². The van der Waals surface area contributed by atoms with E-state index in [0.29, 0.717) is 0 Å². The van der Waals surface area contributed by atoms with E-state index >= 15 is 0 Å². The van der Waals surface area contributed by atoms with Crippen LogP contribution in [0.4, 0.5) is 0 Å². The molecule has 2 rings (SSSR count). The van der Waals surface area contributed by atoms with Gasteiger partial charge < -0.3 is 5.32 Å². The molecule has 1 aliphatic heterocycles. The Kier molecular flexibility index (Phi) is 4.41. The number of hydrogen-bond acceptors (Lipinski definition) is 2. The highest BCUT2D eigenvalue weighted by Gasteiger charge is 2.29. The van der Waals surface area contributed by atoms with Crippen LogP contribution in [-0.4, -0.2) is 13.1 Å². The lowest BCUT2D eigenvalue weighted by molar-refractivity contribution is 0.647. The maximum Gasteiger partial charge on any atom is 0.0676 e. The summed E-state index contributed by atoms with van der Waals surface area (Å²) in [6.07, 6.45) is 0. The van der Waals surface area contributed by atoms with Gasteiger partial charge in [-0.1, -0.05) is 29.8 Å². The first kappa shape index (κ1) is 12.3. The zero-order valence-electron chi connectivity index (χ0n) is 8.11. The molecule has 0 radical (unpaired) electrons. The molecule has 0 aliphatic carbocycles. The Labute approximate surface area is 101 Å². The van der Waals surface area contributed by atoms with Gasteiger partial charge in [0.2, 0.25) is 0 Å². The summed E-state index contributed by atoms with van der Waals surface area (Å²) in [5.74, 6) is 0.295. The molecule has 0 bridgehead atoms. The molecule has 1 fully saturated rings. The van der Waals surface area contributed by atoms with E-state index in [-0.39, 0.29) is 24.2 Å². The lowest BCUT2D eigenvalue weighted by atomic mass is 9.90. The molecule has 0 amide bonds. The van der Waals surface area contributed by atoms with Crippen LogP contribution in [0.2, 0.25) is 5.02 Å². The highest BCUT2D eigenvalue weighted by atomic mass is 35.5. The van der Waals surface area contributed by atoms with Crippen molar-refractivity contribution in [2.45, 2.75) is 5.92 Å². The van der Waals surface area contributed by atoms with Crippen LogP contribution in [0.1, 0.15) is 11.5 Å². The van der Waals surface area contributed by atoms with E-state index in [0.717, 1.165) is 23.7 Å². The normalized spacial score (nSPS) is 24.3. The van der Waals surface area contributed by atoms with Gasteiger partial charge in [0.1, 0.15) is 0 Å². The average molecular weight is 243 g/mol. The van der Waals surface area contributed by atoms with E-state index in [2.05, 4.69) is 11.4 Å². The molecule has 0 spiro atoms. The maximum absolute atomic E-state index is 8.96. The number of nitriles is 1. The van der Waals surface area contributed by atoms with Crippen molar-refractivity contribution in [3.05, 3.63) is 34.9 Å². The average Bonchev–Trinajstić information content (AvgIpc) is 2.66. The van der Waals surface area contributed by atoms with Crippen molar-refractivity contribution in [1.82, 2.24) is 5.32 Å². The molecule has 2 unspecified atom stereocenters. The van der Waals surface area contributed by atoms with Gasteiger partial charge in [-0.3, -0.25) is 0 Å². The standard InChI is InChI=1S/C11H11ClN2.ClH/c12-11-4-2-1-3-9(11)10-7-14-6-8(10)5-13;/h1-4,8,10,14H,6-7H2;1H. The van der Waals surface area contributed by atoms with Crippen LogP contribution >= 0.6 is 24.0 Å². The second-order valence-corrected chi connectivity index (χ2v) is 3.93. The first-order valence-electron chi connectivity index (χ1n) is 4.67. The topological polar surface area (TPSA) is 35.8 Å². The summed E-state index contributed by atoms with van der Waals surface area (Å²) in [6, 6.07) is 10.1. The predicted molar refractivity (Wildman–Crippen MR) is 63.4 cm³/mol. The summed E-state index contributed by atoms with van der Waals surface area (Å²) >= 11 is 6.09. The van der Waals surface area contributed by atoms with Gasteiger partial charge in [-0.25, -0.2) is 0 Å². The first-order chi connectivity index (χ1) is 6.83. The number of benzene rings is 1. The van der Waals surface area contributed by atoms with Gasteiger partial charge in [0.25, 0.3) is 0 Å². The van der Waals surface area contributed by atoms with Crippen LogP contribution < -0.4 is 5.32 Å². The molecular formula is C11H12Cl2N2. The van der Waals surface area contributed by atoms with E-state index in [1.807, 2.05) is 24.3 Å². The molecule has 2 atom stereocenters. The van der Waals surface area contributed by atoms with E-state index in [9.17, 15) is 0 Å². The summed E-state index contributed by atoms with van der Waals surface area (Å²) in [5, 5.41) is 12.9. The molecule has 1 aromatic carbocycles. The minimum Gasteiger partial charge on any atom is -0.315 e. The van der Waals surface area contributed by atoms with Gasteiger partial charge in [0, 0.05) is 24.0 Å². The molecule has 1 saturated heterocycles. The Morgan fingerprint density at radius 3 is 2.73 bits per heavy atom. The number of nitrogens with one attached hydrogen (secondary N) is 1. The molecule has 1 N–H and O–H groups in total. The quantitative estimate of drug-likeness (QED) is 0.822. The van der Waals surface area contributed by atoms with Crippen molar-refractivity contribution >= 4 is 24.0 Å². The summed E-state index contributed by atoms with van der Waals surface area (Å²) in [6.45, 7) is 1.62. The third-order valence-electron chi connectivity index (χ3n) is 2.68. The summed E-state index contributed by atoms with van der Waals surface area (Å²) in [5.41, 5.74) is 1.09. The number of halogens is 2. The molecule has 2 nitrogen and oxygen atoms in total. The predicted octanol–water partition coefficient (Wildman–Crippen LogP) is 2.59. The van der Waals surface area contributed by atoms with E-state index in [4.69, 9.17) is 16.9 Å². The number of nitrogens with zero attached hydrogens (tertiary/aromatic N) is 1. The Morgan fingerprint density at radius 2 is 2.07 bits per heavy atom. The zero-order valence-corrected chi connectivity index (χ0v) is 9.68. The number of hydrogen-bond donors (Lipinski definition) is 1. The van der Waals surface area contributed by atoms with E-state index in [1.165, 1.54) is 0 Å². The summed E-state index contributed by atoms with van der Waals surface area (Å²) in [4.78, 5) is 0. The number of rotatable bonds is 1. The van der Waals surface area contributed by atoms with Crippen molar-refractivity contribution < 1.29 is 0 Å². The third-order valence-corrected chi connectivity index (χ3v) is 3.03. The zero-order chi connectivity index (χ0) is 9.97. The third kappa shape index (κ3) is 2.43. The molecular weight excluding hydrogens is 231 g/mol. The fourth-order valence-electron chi connectivity index (χ4n) is 1.92. The minimum atomic E-state index is 0. The van der Waals surface area contributed by atoms with E-state index < -0.39 is 0 Å². The molecule has 4 heteroatoms. The SMILES string of the molecule is Cl.N#CC1CNCC1c1ccccc1Cl. The Bertz CT molecular complexity index is 373. The van der Waals surface area contributed by atoms with Crippen molar-refractivity contribution in [2.24, 2.45) is 5.92 Å². The van der Waals surface area contributed by atoms with Crippen LogP contribution in [0.15, 0.2) is 24.3 Å². The molecule has 1 aliphatic rings. The molecule has 0 aromatic heterocycles. The van der Waals surface area contributed by atoms with Crippen LogP contribution in [0, 0.1) is 17.2 Å². The highest BCUT2D eigenvalue weighted by Crippen LogP contribution is 2.32. The van der Waals surface area contributed by atoms with Gasteiger partial charge in [-0.05, 0) is 11.6 Å². The van der Waals surface area contributed by atoms with Crippen molar-refractivity contribution in [2.75, 3.05) is 13.1 Å². The highest BCUT2D eigenvalue weighted by molar-refractivity contribution is 6.31. The van der Waals surface area contributed by atoms with Crippen LogP contribution in [0.3, 0.4) is 0 Å². The van der Waals surface area contributed by atoms with Crippen LogP contribution in [0.5, 0.6) is 0 Å². The Hall–Kier alpha value is -0.750. The van der Waals surface area contributed by atoms with Gasteiger partial charge in [-0.2, -0.15) is 5.26 Å². The van der Waals surface area contributed by atoms with Crippen molar-refractivity contribution in [3.63, 3.8) is 0 Å². The monoisotopic (exact) mass is 242 g/mol. The second kappa shape index (κ2) is 5.37. The van der Waals surface area contributed by atoms with Crippen LogP contribution in [-0.2, 0) is 0 Å². The Morgan fingerprint density at radius 1 is 1.33 bits per heavy atom. The first-order valence-corrected chi connectivity index (χ1v) is 5.05. The van der Waals surface area contributed by atoms with E-state index in [1.54, 1.807) is 0 Å². The van der Waals surface area contributed by atoms with Crippen molar-refractivity contribution in [1.29, 1.82) is 5.26 Å². The largest absolute Gasteiger partial charge is 0.315 e. The van der Waals surface area contributed by atoms with Crippen molar-refractivity contribution in [3.8, 4) is 6.07 Å². The smallest absolute Gasteiger partial charge is 0.0676 e. The molecule has 15 heavy (non-hydrogen) atoms. The van der Waals surface area contributed by atoms with Gasteiger partial charge in [-0.15, -0.1) is 12.4 Å². The Balaban J connectivity index is 0.00000112. The fraction of sp³-hybridized carbons (Fsp3) is 0.364. The fourth-order valence-corrected chi connectivity index (χ4v) is 2.19. The molecule has 0 saturated carbocycles. The van der Waals surface area contributed by atoms with Gasteiger partial charge >= 0.3 is 0 Å². The maximum atomic E-state index is 8.96.